The molecule has 380 valence electrons. The number of aliphatic hydroxyl groups is 1. The number of aryl methyl sites for hydroxylation is 1. The van der Waals surface area contributed by atoms with Gasteiger partial charge in [0.05, 0.1) is 41.2 Å². The first-order valence-corrected chi connectivity index (χ1v) is 26.3. The quantitative estimate of drug-likeness (QED) is 0.0796. The van der Waals surface area contributed by atoms with Gasteiger partial charge in [-0.1, -0.05) is 35.9 Å². The van der Waals surface area contributed by atoms with E-state index in [1.165, 1.54) is 30.0 Å². The number of halogens is 2. The summed E-state index contributed by atoms with van der Waals surface area (Å²) in [5.41, 5.74) is 3.62. The smallest absolute Gasteiger partial charge is 0.258 e. The number of carbonyl (C=O) groups is 5. The van der Waals surface area contributed by atoms with E-state index in [9.17, 15) is 29.1 Å². The van der Waals surface area contributed by atoms with Gasteiger partial charge in [-0.2, -0.15) is 16.7 Å². The fourth-order valence-corrected chi connectivity index (χ4v) is 11.8. The van der Waals surface area contributed by atoms with Gasteiger partial charge in [-0.25, -0.2) is 14.4 Å². The summed E-state index contributed by atoms with van der Waals surface area (Å²) < 4.78 is 19.8. The van der Waals surface area contributed by atoms with Crippen LogP contribution in [0.15, 0.2) is 54.2 Å². The first-order valence-electron chi connectivity index (χ1n) is 24.1. The number of hydrogen-bond acceptors (Lipinski definition) is 14. The van der Waals surface area contributed by atoms with Crippen molar-refractivity contribution >= 4 is 81.7 Å². The van der Waals surface area contributed by atoms with Gasteiger partial charge in [0.2, 0.25) is 23.7 Å². The summed E-state index contributed by atoms with van der Waals surface area (Å²) in [4.78, 5) is 87.9. The molecule has 2 aromatic carbocycles. The van der Waals surface area contributed by atoms with E-state index in [-0.39, 0.29) is 56.0 Å². The van der Waals surface area contributed by atoms with Gasteiger partial charge in [-0.15, -0.1) is 11.3 Å². The Kier molecular flexibility index (Phi) is 16.1. The molecule has 0 radical (unpaired) electrons. The molecule has 4 fully saturated rings. The molecule has 2 saturated carbocycles. The zero-order valence-electron chi connectivity index (χ0n) is 40.6. The van der Waals surface area contributed by atoms with E-state index in [0.29, 0.717) is 78.6 Å². The molecule has 0 bridgehead atoms. The van der Waals surface area contributed by atoms with Gasteiger partial charge in [0.25, 0.3) is 11.8 Å². The highest BCUT2D eigenvalue weighted by atomic mass is 35.5. The number of nitrogens with one attached hydrogen (secondary N) is 4. The Morgan fingerprint density at radius 2 is 1.72 bits per heavy atom. The number of thioether (sulfide) groups is 1. The van der Waals surface area contributed by atoms with Gasteiger partial charge < -0.3 is 45.8 Å². The first kappa shape index (κ1) is 51.8. The van der Waals surface area contributed by atoms with Crippen molar-refractivity contribution in [3.8, 4) is 16.2 Å². The number of hydrogen-bond donors (Lipinski definition) is 5. The van der Waals surface area contributed by atoms with E-state index in [1.807, 2.05) is 49.9 Å². The number of rotatable bonds is 17. The Bertz CT molecular complexity index is 2600. The van der Waals surface area contributed by atoms with Crippen LogP contribution in [0.1, 0.15) is 80.4 Å². The Morgan fingerprint density at radius 1 is 1.01 bits per heavy atom. The van der Waals surface area contributed by atoms with Crippen LogP contribution < -0.4 is 26.0 Å². The third-order valence-electron chi connectivity index (χ3n) is 14.0. The van der Waals surface area contributed by atoms with E-state index in [0.717, 1.165) is 34.5 Å². The Balaban J connectivity index is 0.822. The minimum Gasteiger partial charge on any atom is -0.495 e. The van der Waals surface area contributed by atoms with Crippen LogP contribution in [-0.4, -0.2) is 146 Å². The van der Waals surface area contributed by atoms with Crippen molar-refractivity contribution in [1.29, 1.82) is 0 Å². The van der Waals surface area contributed by atoms with Crippen LogP contribution in [0.2, 0.25) is 5.02 Å². The standard InChI is InChI=1S/C50H62ClFN10O7S2/c1-29-40(70-28-56-29)32-10-6-30(7-11-32)24-54-43(64)38-23-35(63)26-62(38)46(67)41(58-47(68)50(52)16-17-50)49(2,3)71-27-31-8-12-33(13-9-31)44(65)60-18-20-61(21-19-60)45(66)34-14-15-37(39(22-34)69-5)57-48-55-25-36(51)42(53-4)59-48/h6-7,10-11,14-15,22,25,28,31,33,35,38,41,63H,8-9,12-13,16-21,23-24,26-27H2,1-5H3,(H,54,64)(H,58,68)(H2,53,55,57,59)/t31?,33?,35-,38?,41-/m1/s1. The number of aliphatic hydroxyl groups excluding tert-OH is 1. The average molecular weight is 1030 g/mol. The summed E-state index contributed by atoms with van der Waals surface area (Å²) in [6, 6.07) is 10.7. The molecule has 5 N–H and O–H groups in total. The van der Waals surface area contributed by atoms with Crippen LogP contribution in [0.25, 0.3) is 10.4 Å². The molecule has 71 heavy (non-hydrogen) atoms. The number of carbonyl (C=O) groups excluding carboxylic acids is 5. The molecule has 8 rings (SSSR count). The van der Waals surface area contributed by atoms with Gasteiger partial charge in [-0.05, 0) is 100 Å². The van der Waals surface area contributed by atoms with Gasteiger partial charge in [-0.3, -0.25) is 24.0 Å². The van der Waals surface area contributed by atoms with E-state index >= 15 is 4.39 Å². The monoisotopic (exact) mass is 1030 g/mol. The SMILES string of the molecule is CNc1nc(Nc2ccc(C(=O)N3CCN(C(=O)C4CCC(CSC(C)(C)[C@H](NC(=O)C5(F)CC5)C(=O)N5C[C@H](O)CC5C(=O)NCc5ccc(-c6scnc6C)cc5)CC4)CC3)cc2OC)ncc1Cl. The van der Waals surface area contributed by atoms with E-state index in [4.69, 9.17) is 16.3 Å². The van der Waals surface area contributed by atoms with E-state index < -0.39 is 46.3 Å². The predicted octanol–water partition coefficient (Wildman–Crippen LogP) is 6.22. The third kappa shape index (κ3) is 12.0. The van der Waals surface area contributed by atoms with Crippen molar-refractivity contribution < 1.29 is 38.2 Å². The number of aromatic nitrogens is 3. The fraction of sp³-hybridized carbons (Fsp3) is 0.520. The molecule has 2 saturated heterocycles. The minimum absolute atomic E-state index is 0.0304. The lowest BCUT2D eigenvalue weighted by Gasteiger charge is -2.39. The number of anilines is 3. The normalized spacial score (nSPS) is 21.3. The second-order valence-electron chi connectivity index (χ2n) is 19.4. The van der Waals surface area contributed by atoms with Crippen LogP contribution in [0.4, 0.5) is 21.8 Å². The number of methoxy groups -OCH3 is 1. The van der Waals surface area contributed by atoms with Crippen molar-refractivity contribution in [2.75, 3.05) is 63.3 Å². The average Bonchev–Trinajstić information content (AvgIpc) is 3.79. The van der Waals surface area contributed by atoms with Crippen molar-refractivity contribution in [3.63, 3.8) is 0 Å². The van der Waals surface area contributed by atoms with Crippen molar-refractivity contribution in [2.24, 2.45) is 11.8 Å². The van der Waals surface area contributed by atoms with Crippen molar-refractivity contribution in [3.05, 3.63) is 76.0 Å². The van der Waals surface area contributed by atoms with Crippen LogP contribution in [-0.2, 0) is 25.7 Å². The lowest BCUT2D eigenvalue weighted by atomic mass is 9.82. The summed E-state index contributed by atoms with van der Waals surface area (Å²) in [6.45, 7) is 7.39. The zero-order valence-corrected chi connectivity index (χ0v) is 43.0. The third-order valence-corrected chi connectivity index (χ3v) is 16.9. The molecule has 0 spiro atoms. The van der Waals surface area contributed by atoms with Gasteiger partial charge >= 0.3 is 0 Å². The zero-order chi connectivity index (χ0) is 50.6. The molecule has 17 nitrogen and oxygen atoms in total. The molecule has 2 aliphatic carbocycles. The molecule has 4 heterocycles. The van der Waals surface area contributed by atoms with Crippen LogP contribution in [0.3, 0.4) is 0 Å². The van der Waals surface area contributed by atoms with Crippen molar-refractivity contribution in [1.82, 2.24) is 40.3 Å². The summed E-state index contributed by atoms with van der Waals surface area (Å²) in [5.74, 6) is 0.0340. The molecular formula is C50H62ClFN10O7S2. The predicted molar refractivity (Wildman–Crippen MR) is 273 cm³/mol. The number of benzene rings is 2. The molecule has 5 amide bonds. The number of β-amino-alcohol motifs (C(OH)–C–C–N with tert-alkyl or cyclic N) is 1. The number of piperazine rings is 1. The molecule has 1 unspecified atom stereocenters. The maximum Gasteiger partial charge on any atom is 0.258 e. The summed E-state index contributed by atoms with van der Waals surface area (Å²) in [6.07, 6.45) is 3.68. The second-order valence-corrected chi connectivity index (χ2v) is 22.3. The fourth-order valence-electron chi connectivity index (χ4n) is 9.48. The summed E-state index contributed by atoms with van der Waals surface area (Å²) >= 11 is 9.19. The maximum absolute atomic E-state index is 15.2. The molecule has 2 aromatic heterocycles. The van der Waals surface area contributed by atoms with Crippen LogP contribution in [0.5, 0.6) is 5.75 Å². The first-order chi connectivity index (χ1) is 34.0. The summed E-state index contributed by atoms with van der Waals surface area (Å²) in [5, 5.41) is 22.9. The molecule has 21 heteroatoms. The number of likely N-dealkylation sites (tertiary alicyclic amines) is 1. The second kappa shape index (κ2) is 22.0. The van der Waals surface area contributed by atoms with E-state index in [2.05, 4.69) is 36.2 Å². The topological polar surface area (TPSA) is 211 Å². The molecular weight excluding hydrogens is 971 g/mol. The highest BCUT2D eigenvalue weighted by Gasteiger charge is 2.54. The number of amides is 5. The largest absolute Gasteiger partial charge is 0.495 e. The van der Waals surface area contributed by atoms with E-state index in [1.54, 1.807) is 47.0 Å². The highest BCUT2D eigenvalue weighted by molar-refractivity contribution is 8.00. The van der Waals surface area contributed by atoms with Gasteiger partial charge in [0.1, 0.15) is 28.7 Å². The number of nitrogens with zero attached hydrogens (tertiary/aromatic N) is 6. The lowest BCUT2D eigenvalue weighted by Crippen LogP contribution is -2.61. The highest BCUT2D eigenvalue weighted by Crippen LogP contribution is 2.42. The Labute approximate surface area is 426 Å². The number of ether oxygens (including phenoxy) is 1. The van der Waals surface area contributed by atoms with Crippen LogP contribution in [0, 0.1) is 18.8 Å². The van der Waals surface area contributed by atoms with Crippen LogP contribution >= 0.6 is 34.7 Å². The minimum atomic E-state index is -2.03. The lowest BCUT2D eigenvalue weighted by molar-refractivity contribution is -0.143. The summed E-state index contributed by atoms with van der Waals surface area (Å²) in [7, 11) is 3.22. The molecule has 4 aliphatic rings. The molecule has 4 aromatic rings. The van der Waals surface area contributed by atoms with Gasteiger partial charge in [0.15, 0.2) is 5.67 Å². The van der Waals surface area contributed by atoms with Gasteiger partial charge in [0, 0.05) is 69.0 Å². The number of alkyl halides is 1. The Morgan fingerprint density at radius 3 is 2.37 bits per heavy atom. The molecule has 3 atom stereocenters. The molecule has 2 aliphatic heterocycles. The van der Waals surface area contributed by atoms with Crippen molar-refractivity contribution in [2.45, 2.75) is 101 Å². The maximum atomic E-state index is 15.2. The Hall–Kier alpha value is -5.57. The number of thiazole rings is 1.